The maximum absolute atomic E-state index is 15.3. The Labute approximate surface area is 226 Å². The number of ether oxygens (including phenoxy) is 3. The number of fused-ring (bicyclic) bond motifs is 2. The summed E-state index contributed by atoms with van der Waals surface area (Å²) in [5.41, 5.74) is 9.10. The van der Waals surface area contributed by atoms with Gasteiger partial charge in [-0.15, -0.1) is 0 Å². The first kappa shape index (κ1) is 25.0. The third kappa shape index (κ3) is 4.62. The first-order chi connectivity index (χ1) is 18.9. The molecule has 198 valence electrons. The Kier molecular flexibility index (Phi) is 6.51. The highest BCUT2D eigenvalue weighted by Gasteiger charge is 2.32. The maximum atomic E-state index is 15.3. The molecule has 1 aliphatic heterocycles. The van der Waals surface area contributed by atoms with Crippen molar-refractivity contribution in [3.63, 3.8) is 0 Å². The van der Waals surface area contributed by atoms with Crippen LogP contribution in [-0.2, 0) is 16.0 Å². The lowest BCUT2D eigenvalue weighted by atomic mass is 9.88. The largest absolute Gasteiger partial charge is 0.492 e. The summed E-state index contributed by atoms with van der Waals surface area (Å²) in [6.45, 7) is 4.61. The fraction of sp³-hybridized carbons (Fsp3) is 0.281. The summed E-state index contributed by atoms with van der Waals surface area (Å²) in [7, 11) is 1.39. The molecule has 4 aromatic rings. The van der Waals surface area contributed by atoms with Gasteiger partial charge in [0.05, 0.1) is 32.5 Å². The van der Waals surface area contributed by atoms with Gasteiger partial charge in [-0.2, -0.15) is 10.2 Å². The molecule has 0 amide bonds. The zero-order chi connectivity index (χ0) is 27.1. The summed E-state index contributed by atoms with van der Waals surface area (Å²) in [6.07, 6.45) is 4.74. The summed E-state index contributed by atoms with van der Waals surface area (Å²) >= 11 is 0. The predicted octanol–water partition coefficient (Wildman–Crippen LogP) is 6.67. The van der Waals surface area contributed by atoms with E-state index in [1.165, 1.54) is 7.11 Å². The van der Waals surface area contributed by atoms with Gasteiger partial charge in [0.2, 0.25) is 0 Å². The van der Waals surface area contributed by atoms with Crippen LogP contribution in [0.25, 0.3) is 22.3 Å². The van der Waals surface area contributed by atoms with Gasteiger partial charge in [0.1, 0.15) is 23.4 Å². The number of halogens is 1. The summed E-state index contributed by atoms with van der Waals surface area (Å²) < 4.78 is 32.3. The molecule has 0 saturated carbocycles. The zero-order valence-corrected chi connectivity index (χ0v) is 22.2. The van der Waals surface area contributed by atoms with Gasteiger partial charge in [0.15, 0.2) is 0 Å². The Bertz CT molecular complexity index is 1550. The van der Waals surface area contributed by atoms with Crippen molar-refractivity contribution in [2.24, 2.45) is 0 Å². The molecule has 0 bridgehead atoms. The Balaban J connectivity index is 1.29. The van der Waals surface area contributed by atoms with Gasteiger partial charge >= 0.3 is 5.97 Å². The van der Waals surface area contributed by atoms with Gasteiger partial charge in [0, 0.05) is 28.7 Å². The van der Waals surface area contributed by atoms with Gasteiger partial charge in [-0.25, -0.2) is 4.39 Å². The third-order valence-corrected chi connectivity index (χ3v) is 7.79. The van der Waals surface area contributed by atoms with E-state index in [1.807, 2.05) is 30.3 Å². The maximum Gasteiger partial charge on any atom is 0.306 e. The van der Waals surface area contributed by atoms with Crippen molar-refractivity contribution in [2.45, 2.75) is 45.1 Å². The van der Waals surface area contributed by atoms with Gasteiger partial charge in [-0.3, -0.25) is 4.79 Å². The van der Waals surface area contributed by atoms with E-state index in [-0.39, 0.29) is 24.1 Å². The van der Waals surface area contributed by atoms with Crippen LogP contribution in [0.5, 0.6) is 11.5 Å². The van der Waals surface area contributed by atoms with Crippen LogP contribution in [0.3, 0.4) is 0 Å². The summed E-state index contributed by atoms with van der Waals surface area (Å²) in [6, 6.07) is 15.3. The lowest BCUT2D eigenvalue weighted by Gasteiger charge is -2.19. The number of hydrogen-bond donors (Lipinski definition) is 0. The van der Waals surface area contributed by atoms with Crippen LogP contribution in [0.15, 0.2) is 60.9 Å². The van der Waals surface area contributed by atoms with Crippen LogP contribution in [-0.4, -0.2) is 29.9 Å². The molecule has 1 aliphatic carbocycles. The van der Waals surface area contributed by atoms with E-state index in [1.54, 1.807) is 18.5 Å². The van der Waals surface area contributed by atoms with Crippen molar-refractivity contribution in [1.82, 2.24) is 10.2 Å². The molecule has 0 N–H and O–H groups in total. The van der Waals surface area contributed by atoms with Crippen molar-refractivity contribution in [3.8, 4) is 33.8 Å². The first-order valence-electron chi connectivity index (χ1n) is 13.1. The second-order valence-corrected chi connectivity index (χ2v) is 10.2. The molecule has 0 spiro atoms. The number of nitrogens with zero attached hydrogens (tertiary/aromatic N) is 2. The van der Waals surface area contributed by atoms with Crippen LogP contribution in [0.2, 0.25) is 0 Å². The Hall–Kier alpha value is -4.26. The minimum atomic E-state index is -0.395. The molecule has 0 fully saturated rings. The Morgan fingerprint density at radius 1 is 1.05 bits per heavy atom. The summed E-state index contributed by atoms with van der Waals surface area (Å²) in [5, 5.41) is 7.88. The number of carbonyl (C=O) groups is 1. The fourth-order valence-electron chi connectivity index (χ4n) is 5.99. The number of aryl methyl sites for hydroxylation is 2. The quantitative estimate of drug-likeness (QED) is 0.262. The highest BCUT2D eigenvalue weighted by Crippen LogP contribution is 2.45. The van der Waals surface area contributed by atoms with Crippen LogP contribution in [0, 0.1) is 19.7 Å². The van der Waals surface area contributed by atoms with E-state index < -0.39 is 6.10 Å². The number of hydrogen-bond acceptors (Lipinski definition) is 6. The van der Waals surface area contributed by atoms with E-state index in [4.69, 9.17) is 14.2 Å². The summed E-state index contributed by atoms with van der Waals surface area (Å²) in [5.74, 6) is 0.769. The molecule has 0 radical (unpaired) electrons. The standard InChI is InChI=1S/C32H29FN2O4/c1-18-12-21(20-10-11-34-35-16-20)13-19(2)31(18)25-6-8-27(33)32-26(25)7-9-28(32)39-23-4-5-24-22(14-30(36)37-3)17-38-29(24)15-23/h4-6,8,10-13,15-16,22,28H,7,9,14,17H2,1-3H3/t22?,28-/m1/s1. The molecular weight excluding hydrogens is 495 g/mol. The number of esters is 1. The number of rotatable bonds is 6. The van der Waals surface area contributed by atoms with Crippen LogP contribution < -0.4 is 9.47 Å². The van der Waals surface area contributed by atoms with E-state index in [9.17, 15) is 4.79 Å². The van der Waals surface area contributed by atoms with Crippen molar-refractivity contribution in [2.75, 3.05) is 13.7 Å². The van der Waals surface area contributed by atoms with E-state index in [0.717, 1.165) is 50.9 Å². The van der Waals surface area contributed by atoms with Gasteiger partial charge in [-0.1, -0.05) is 24.3 Å². The van der Waals surface area contributed by atoms with Crippen LogP contribution in [0.4, 0.5) is 4.39 Å². The molecule has 6 nitrogen and oxygen atoms in total. The van der Waals surface area contributed by atoms with Crippen LogP contribution >= 0.6 is 0 Å². The lowest BCUT2D eigenvalue weighted by Crippen LogP contribution is -2.09. The minimum absolute atomic E-state index is 0.0404. The molecule has 0 saturated heterocycles. The lowest BCUT2D eigenvalue weighted by molar-refractivity contribution is -0.141. The first-order valence-corrected chi connectivity index (χ1v) is 13.1. The smallest absolute Gasteiger partial charge is 0.306 e. The Morgan fingerprint density at radius 2 is 1.87 bits per heavy atom. The molecule has 2 atom stereocenters. The fourth-order valence-corrected chi connectivity index (χ4v) is 5.99. The van der Waals surface area contributed by atoms with Gasteiger partial charge in [0.25, 0.3) is 0 Å². The molecule has 39 heavy (non-hydrogen) atoms. The van der Waals surface area contributed by atoms with Crippen molar-refractivity contribution >= 4 is 5.97 Å². The van der Waals surface area contributed by atoms with Gasteiger partial charge < -0.3 is 14.2 Å². The number of carbonyl (C=O) groups excluding carboxylic acids is 1. The average Bonchev–Trinajstić information content (AvgIpc) is 3.54. The highest BCUT2D eigenvalue weighted by molar-refractivity contribution is 5.79. The monoisotopic (exact) mass is 524 g/mol. The average molecular weight is 525 g/mol. The molecule has 7 heteroatoms. The topological polar surface area (TPSA) is 70.5 Å². The highest BCUT2D eigenvalue weighted by atomic mass is 19.1. The SMILES string of the molecule is COC(=O)CC1COc2cc(O[C@@H]3CCc4c(-c5c(C)cc(-c6ccnnc6)cc5C)ccc(F)c43)ccc21. The normalized spacial score (nSPS) is 17.3. The van der Waals surface area contributed by atoms with Crippen molar-refractivity contribution in [1.29, 1.82) is 0 Å². The molecular formula is C32H29FN2O4. The van der Waals surface area contributed by atoms with E-state index in [0.29, 0.717) is 30.1 Å². The van der Waals surface area contributed by atoms with E-state index >= 15 is 4.39 Å². The van der Waals surface area contributed by atoms with Gasteiger partial charge in [-0.05, 0) is 78.3 Å². The third-order valence-electron chi connectivity index (χ3n) is 7.79. The summed E-state index contributed by atoms with van der Waals surface area (Å²) in [4.78, 5) is 11.7. The molecule has 2 heterocycles. The molecule has 1 unspecified atom stereocenters. The molecule has 6 rings (SSSR count). The second kappa shape index (κ2) is 10.1. The second-order valence-electron chi connectivity index (χ2n) is 10.2. The molecule has 1 aromatic heterocycles. The zero-order valence-electron chi connectivity index (χ0n) is 22.2. The molecule has 2 aliphatic rings. The van der Waals surface area contributed by atoms with Crippen molar-refractivity contribution in [3.05, 3.63) is 94.6 Å². The minimum Gasteiger partial charge on any atom is -0.492 e. The predicted molar refractivity (Wildman–Crippen MR) is 145 cm³/mol. The van der Waals surface area contributed by atoms with Crippen molar-refractivity contribution < 1.29 is 23.4 Å². The Morgan fingerprint density at radius 3 is 2.62 bits per heavy atom. The number of methoxy groups -OCH3 is 1. The number of benzene rings is 3. The van der Waals surface area contributed by atoms with Crippen LogP contribution in [0.1, 0.15) is 52.7 Å². The molecule has 3 aromatic carbocycles. The number of aromatic nitrogens is 2. The van der Waals surface area contributed by atoms with E-state index in [2.05, 4.69) is 36.2 Å².